The summed E-state index contributed by atoms with van der Waals surface area (Å²) in [6.45, 7) is 6.85. The van der Waals surface area contributed by atoms with Crippen LogP contribution >= 0.6 is 11.3 Å². The Morgan fingerprint density at radius 2 is 1.91 bits per heavy atom. The van der Waals surface area contributed by atoms with Crippen LogP contribution in [0.3, 0.4) is 0 Å². The summed E-state index contributed by atoms with van der Waals surface area (Å²) in [4.78, 5) is 35.2. The summed E-state index contributed by atoms with van der Waals surface area (Å²) < 4.78 is 5.74. The molecule has 0 saturated heterocycles. The zero-order valence-corrected chi connectivity index (χ0v) is 20.7. The SMILES string of the molecule is CN(C)CCc1cc(NC(=O)Nc2ncc(/C=C/c3ncc(C(C)(C)C)o3)s2)ccc1C(=O)O. The van der Waals surface area contributed by atoms with Gasteiger partial charge in [-0.15, -0.1) is 0 Å². The topological polar surface area (TPSA) is 121 Å². The van der Waals surface area contributed by atoms with Crippen molar-refractivity contribution >= 4 is 46.3 Å². The number of nitrogens with one attached hydrogen (secondary N) is 2. The molecule has 10 heteroatoms. The first kappa shape index (κ1) is 25.1. The highest BCUT2D eigenvalue weighted by Crippen LogP contribution is 2.25. The zero-order valence-electron chi connectivity index (χ0n) is 19.9. The number of carbonyl (C=O) groups is 2. The molecular formula is C24H29N5O4S. The third kappa shape index (κ3) is 7.00. The lowest BCUT2D eigenvalue weighted by atomic mass is 9.94. The number of likely N-dealkylation sites (N-methyl/N-ethyl adjacent to an activating group) is 1. The van der Waals surface area contributed by atoms with E-state index >= 15 is 0 Å². The predicted octanol–water partition coefficient (Wildman–Crippen LogP) is 5.05. The number of hydrogen-bond donors (Lipinski definition) is 3. The molecule has 0 aliphatic carbocycles. The Morgan fingerprint density at radius 3 is 2.56 bits per heavy atom. The number of thiazole rings is 1. The summed E-state index contributed by atoms with van der Waals surface area (Å²) in [7, 11) is 3.84. The second kappa shape index (κ2) is 10.6. The van der Waals surface area contributed by atoms with Crippen LogP contribution in [0, 0.1) is 0 Å². The number of hydrogen-bond acceptors (Lipinski definition) is 7. The van der Waals surface area contributed by atoms with Gasteiger partial charge in [-0.05, 0) is 50.4 Å². The van der Waals surface area contributed by atoms with Crippen molar-refractivity contribution in [1.82, 2.24) is 14.9 Å². The molecule has 3 N–H and O–H groups in total. The highest BCUT2D eigenvalue weighted by Gasteiger charge is 2.18. The molecule has 0 radical (unpaired) electrons. The Kier molecular flexibility index (Phi) is 7.85. The van der Waals surface area contributed by atoms with Crippen LogP contribution in [0.2, 0.25) is 0 Å². The minimum Gasteiger partial charge on any atom is -0.478 e. The maximum Gasteiger partial charge on any atom is 0.335 e. The number of aromatic nitrogens is 2. The molecule has 0 spiro atoms. The normalized spacial score (nSPS) is 11.8. The maximum atomic E-state index is 12.4. The van der Waals surface area contributed by atoms with Gasteiger partial charge in [-0.25, -0.2) is 19.6 Å². The van der Waals surface area contributed by atoms with Gasteiger partial charge in [-0.2, -0.15) is 0 Å². The molecule has 0 bridgehead atoms. The molecule has 180 valence electrons. The van der Waals surface area contributed by atoms with Gasteiger partial charge in [0, 0.05) is 34.8 Å². The van der Waals surface area contributed by atoms with E-state index in [0.29, 0.717) is 35.2 Å². The summed E-state index contributed by atoms with van der Waals surface area (Å²) in [5.41, 5.74) is 1.27. The van der Waals surface area contributed by atoms with Gasteiger partial charge in [0.05, 0.1) is 11.8 Å². The molecule has 0 aliphatic heterocycles. The van der Waals surface area contributed by atoms with Crippen LogP contribution in [0.1, 0.15) is 53.2 Å². The smallest absolute Gasteiger partial charge is 0.335 e. The van der Waals surface area contributed by atoms with Crippen LogP contribution in [0.5, 0.6) is 0 Å². The van der Waals surface area contributed by atoms with Crippen molar-refractivity contribution in [2.45, 2.75) is 32.6 Å². The lowest BCUT2D eigenvalue weighted by molar-refractivity contribution is 0.0695. The third-order valence-corrected chi connectivity index (χ3v) is 5.70. The molecule has 0 saturated carbocycles. The molecule has 1 aromatic carbocycles. The summed E-state index contributed by atoms with van der Waals surface area (Å²) in [6.07, 6.45) is 7.49. The second-order valence-electron chi connectivity index (χ2n) is 9.02. The molecule has 34 heavy (non-hydrogen) atoms. The van der Waals surface area contributed by atoms with Crippen molar-refractivity contribution in [1.29, 1.82) is 0 Å². The van der Waals surface area contributed by atoms with Crippen molar-refractivity contribution < 1.29 is 19.1 Å². The Bertz CT molecular complexity index is 1190. The minimum absolute atomic E-state index is 0.116. The molecule has 0 fully saturated rings. The number of amides is 2. The Balaban J connectivity index is 1.62. The lowest BCUT2D eigenvalue weighted by Gasteiger charge is -2.13. The van der Waals surface area contributed by atoms with Gasteiger partial charge >= 0.3 is 12.0 Å². The minimum atomic E-state index is -0.993. The molecule has 2 heterocycles. The van der Waals surface area contributed by atoms with E-state index < -0.39 is 12.0 Å². The number of carboxylic acids is 1. The fourth-order valence-corrected chi connectivity index (χ4v) is 3.69. The number of aromatic carboxylic acids is 1. The van der Waals surface area contributed by atoms with Crippen molar-refractivity contribution in [2.75, 3.05) is 31.3 Å². The monoisotopic (exact) mass is 483 g/mol. The molecule has 3 aromatic rings. The Hall–Kier alpha value is -3.50. The Labute approximate surface area is 202 Å². The summed E-state index contributed by atoms with van der Waals surface area (Å²) in [5.74, 6) is 0.310. The average Bonchev–Trinajstić information content (AvgIpc) is 3.40. The second-order valence-corrected chi connectivity index (χ2v) is 10.1. The van der Waals surface area contributed by atoms with Crippen molar-refractivity contribution in [3.05, 3.63) is 58.2 Å². The first-order valence-corrected chi connectivity index (χ1v) is 11.5. The van der Waals surface area contributed by atoms with E-state index in [1.807, 2.05) is 25.1 Å². The highest BCUT2D eigenvalue weighted by molar-refractivity contribution is 7.16. The van der Waals surface area contributed by atoms with Crippen molar-refractivity contribution in [3.8, 4) is 0 Å². The standard InChI is InChI=1S/C24H29N5O4S/c1-24(2,3)19-14-25-20(33-19)9-7-17-13-26-23(34-17)28-22(32)27-16-6-8-18(21(30)31)15(12-16)10-11-29(4)5/h6-9,12-14H,10-11H2,1-5H3,(H,30,31)(H2,26,27,28,32)/b9-7+. The molecule has 3 rings (SSSR count). The number of anilines is 2. The highest BCUT2D eigenvalue weighted by atomic mass is 32.1. The number of carboxylic acid groups (broad SMARTS) is 1. The molecule has 0 unspecified atom stereocenters. The number of nitrogens with zero attached hydrogens (tertiary/aromatic N) is 3. The molecule has 0 atom stereocenters. The number of carbonyl (C=O) groups excluding carboxylic acids is 1. The predicted molar refractivity (Wildman–Crippen MR) is 135 cm³/mol. The maximum absolute atomic E-state index is 12.4. The van der Waals surface area contributed by atoms with Gasteiger partial charge in [0.2, 0.25) is 5.89 Å². The van der Waals surface area contributed by atoms with E-state index in [9.17, 15) is 14.7 Å². The van der Waals surface area contributed by atoms with Gasteiger partial charge in [0.15, 0.2) is 5.13 Å². The van der Waals surface area contributed by atoms with Crippen LogP contribution in [0.25, 0.3) is 12.2 Å². The van der Waals surface area contributed by atoms with E-state index in [4.69, 9.17) is 4.42 Å². The van der Waals surface area contributed by atoms with Gasteiger partial charge in [0.1, 0.15) is 5.76 Å². The van der Waals surface area contributed by atoms with Crippen LogP contribution in [0.15, 0.2) is 35.0 Å². The Morgan fingerprint density at radius 1 is 1.15 bits per heavy atom. The van der Waals surface area contributed by atoms with Crippen LogP contribution in [0.4, 0.5) is 15.6 Å². The van der Waals surface area contributed by atoms with Crippen LogP contribution in [-0.2, 0) is 11.8 Å². The molecule has 2 aromatic heterocycles. The lowest BCUT2D eigenvalue weighted by Crippen LogP contribution is -2.20. The van der Waals surface area contributed by atoms with Crippen LogP contribution < -0.4 is 10.6 Å². The summed E-state index contributed by atoms with van der Waals surface area (Å²) >= 11 is 1.30. The summed E-state index contributed by atoms with van der Waals surface area (Å²) in [5, 5.41) is 15.3. The molecule has 9 nitrogen and oxygen atoms in total. The molecular weight excluding hydrogens is 454 g/mol. The van der Waals surface area contributed by atoms with E-state index in [-0.39, 0.29) is 11.0 Å². The fourth-order valence-electron chi connectivity index (χ4n) is 2.98. The zero-order chi connectivity index (χ0) is 24.9. The van der Waals surface area contributed by atoms with Crippen LogP contribution in [-0.4, -0.2) is 52.6 Å². The van der Waals surface area contributed by atoms with Crippen molar-refractivity contribution in [3.63, 3.8) is 0 Å². The average molecular weight is 484 g/mol. The van der Waals surface area contributed by atoms with E-state index in [1.54, 1.807) is 30.6 Å². The van der Waals surface area contributed by atoms with E-state index in [0.717, 1.165) is 10.6 Å². The van der Waals surface area contributed by atoms with E-state index in [2.05, 4.69) is 41.4 Å². The largest absolute Gasteiger partial charge is 0.478 e. The van der Waals surface area contributed by atoms with Gasteiger partial charge < -0.3 is 19.7 Å². The first-order chi connectivity index (χ1) is 16.0. The first-order valence-electron chi connectivity index (χ1n) is 10.7. The molecule has 2 amide bonds. The van der Waals surface area contributed by atoms with Gasteiger partial charge in [0.25, 0.3) is 0 Å². The number of rotatable bonds is 8. The fraction of sp³-hybridized carbons (Fsp3) is 0.333. The number of oxazole rings is 1. The quantitative estimate of drug-likeness (QED) is 0.410. The summed E-state index contributed by atoms with van der Waals surface area (Å²) in [6, 6.07) is 4.29. The van der Waals surface area contributed by atoms with Crippen molar-refractivity contribution in [2.24, 2.45) is 0 Å². The third-order valence-electron chi connectivity index (χ3n) is 4.82. The van der Waals surface area contributed by atoms with Gasteiger partial charge in [-0.1, -0.05) is 32.1 Å². The molecule has 0 aliphatic rings. The van der Waals surface area contributed by atoms with Gasteiger partial charge in [-0.3, -0.25) is 5.32 Å². The number of benzene rings is 1. The number of urea groups is 1. The van der Waals surface area contributed by atoms with E-state index in [1.165, 1.54) is 17.4 Å².